The number of ether oxygens (including phenoxy) is 2. The normalized spacial score (nSPS) is 10.9. The van der Waals surface area contributed by atoms with E-state index in [2.05, 4.69) is 4.98 Å². The lowest BCUT2D eigenvalue weighted by molar-refractivity contribution is -0.598. The van der Waals surface area contributed by atoms with E-state index in [-0.39, 0.29) is 11.5 Å². The lowest BCUT2D eigenvalue weighted by Crippen LogP contribution is -2.33. The van der Waals surface area contributed by atoms with Gasteiger partial charge in [-0.25, -0.2) is 4.73 Å². The molecule has 30 heavy (non-hydrogen) atoms. The van der Waals surface area contributed by atoms with Crippen LogP contribution in [0.25, 0.3) is 23.5 Å². The molecular weight excluding hydrogens is 410 g/mol. The Hall–Kier alpha value is -3.65. The van der Waals surface area contributed by atoms with Crippen LogP contribution in [0.15, 0.2) is 48.7 Å². The zero-order valence-electron chi connectivity index (χ0n) is 16.2. The van der Waals surface area contributed by atoms with Crippen molar-refractivity contribution in [2.75, 3.05) is 13.7 Å². The Kier molecular flexibility index (Phi) is 6.48. The number of methoxy groups -OCH3 is 1. The van der Waals surface area contributed by atoms with E-state index < -0.39 is 4.92 Å². The molecule has 0 aliphatic carbocycles. The standard InChI is InChI=1S/C21H18ClN3O5/c1-3-30-19-12-14(11-18(22)20(19)29-2)7-8-16-9-10-23-21(24(16)26)15-5-4-6-17(13-15)25(27)28/h4-13H,3H2,1-2H3/b8-7+. The van der Waals surface area contributed by atoms with Gasteiger partial charge in [0.2, 0.25) is 0 Å². The summed E-state index contributed by atoms with van der Waals surface area (Å²) in [5.41, 5.74) is 1.24. The van der Waals surface area contributed by atoms with E-state index in [4.69, 9.17) is 21.1 Å². The third-order valence-corrected chi connectivity index (χ3v) is 4.45. The van der Waals surface area contributed by atoms with Gasteiger partial charge in [0.25, 0.3) is 5.69 Å². The molecule has 0 bridgehead atoms. The van der Waals surface area contributed by atoms with Gasteiger partial charge in [0.15, 0.2) is 11.5 Å². The van der Waals surface area contributed by atoms with Crippen LogP contribution in [0.3, 0.4) is 0 Å². The fraction of sp³-hybridized carbons (Fsp3) is 0.143. The summed E-state index contributed by atoms with van der Waals surface area (Å²) in [5, 5.41) is 24.2. The molecule has 0 aliphatic rings. The number of nitro benzene ring substituents is 1. The zero-order valence-corrected chi connectivity index (χ0v) is 17.0. The first-order valence-corrected chi connectivity index (χ1v) is 9.34. The number of benzene rings is 2. The molecule has 0 radical (unpaired) electrons. The maximum Gasteiger partial charge on any atom is 0.333 e. The third kappa shape index (κ3) is 4.49. The Bertz CT molecular complexity index is 1120. The van der Waals surface area contributed by atoms with Crippen LogP contribution in [0.5, 0.6) is 11.5 Å². The minimum atomic E-state index is -0.522. The van der Waals surface area contributed by atoms with Crippen molar-refractivity contribution < 1.29 is 19.1 Å². The van der Waals surface area contributed by atoms with E-state index >= 15 is 0 Å². The first-order valence-electron chi connectivity index (χ1n) is 8.96. The Morgan fingerprint density at radius 2 is 2.03 bits per heavy atom. The van der Waals surface area contributed by atoms with Gasteiger partial charge in [-0.1, -0.05) is 23.7 Å². The van der Waals surface area contributed by atoms with Crippen LogP contribution in [0.2, 0.25) is 5.02 Å². The lowest BCUT2D eigenvalue weighted by Gasteiger charge is -2.12. The van der Waals surface area contributed by atoms with Crippen molar-refractivity contribution in [1.29, 1.82) is 0 Å². The van der Waals surface area contributed by atoms with Gasteiger partial charge >= 0.3 is 5.82 Å². The largest absolute Gasteiger partial charge is 0.710 e. The van der Waals surface area contributed by atoms with Crippen LogP contribution in [-0.2, 0) is 0 Å². The molecule has 0 saturated carbocycles. The summed E-state index contributed by atoms with van der Waals surface area (Å²) in [6.45, 7) is 2.29. The van der Waals surface area contributed by atoms with Crippen LogP contribution >= 0.6 is 11.6 Å². The maximum atomic E-state index is 12.8. The maximum absolute atomic E-state index is 12.8. The van der Waals surface area contributed by atoms with Crippen molar-refractivity contribution in [1.82, 2.24) is 4.98 Å². The fourth-order valence-corrected chi connectivity index (χ4v) is 3.12. The molecule has 2 aromatic carbocycles. The van der Waals surface area contributed by atoms with Crippen LogP contribution < -0.4 is 14.2 Å². The molecule has 0 aliphatic heterocycles. The molecule has 9 heteroatoms. The van der Waals surface area contributed by atoms with Crippen molar-refractivity contribution in [3.63, 3.8) is 0 Å². The van der Waals surface area contributed by atoms with Gasteiger partial charge in [-0.3, -0.25) is 10.1 Å². The predicted molar refractivity (Wildman–Crippen MR) is 113 cm³/mol. The molecule has 0 spiro atoms. The molecule has 0 amide bonds. The highest BCUT2D eigenvalue weighted by atomic mass is 35.5. The number of halogens is 1. The van der Waals surface area contributed by atoms with Crippen molar-refractivity contribution in [3.05, 3.63) is 80.3 Å². The quantitative estimate of drug-likeness (QED) is 0.238. The minimum absolute atomic E-state index is 0.0589. The average Bonchev–Trinajstić information content (AvgIpc) is 2.73. The molecule has 3 aromatic rings. The number of hydrogen-bond donors (Lipinski definition) is 0. The minimum Gasteiger partial charge on any atom is -0.710 e. The molecule has 8 nitrogen and oxygen atoms in total. The predicted octanol–water partition coefficient (Wildman–Crippen LogP) is 4.52. The van der Waals surface area contributed by atoms with Crippen LogP contribution in [0, 0.1) is 15.3 Å². The second kappa shape index (κ2) is 9.23. The fourth-order valence-electron chi connectivity index (χ4n) is 2.83. The first-order chi connectivity index (χ1) is 14.4. The molecule has 0 N–H and O–H groups in total. The molecule has 0 saturated heterocycles. The van der Waals surface area contributed by atoms with Crippen molar-refractivity contribution in [2.45, 2.75) is 6.92 Å². The summed E-state index contributed by atoms with van der Waals surface area (Å²) in [7, 11) is 1.51. The summed E-state index contributed by atoms with van der Waals surface area (Å²) in [6, 6.07) is 10.7. The molecule has 1 heterocycles. The number of aromatic nitrogens is 2. The monoisotopic (exact) mass is 427 g/mol. The molecule has 3 rings (SSSR count). The SMILES string of the molecule is CCOc1cc(/C=C/c2ccnc(-c3cccc([N+](=O)[O-])c3)[n+]2[O-])cc(Cl)c1OC. The molecular formula is C21H18ClN3O5. The Morgan fingerprint density at radius 3 is 2.73 bits per heavy atom. The van der Waals surface area contributed by atoms with Crippen LogP contribution in [0.1, 0.15) is 18.2 Å². The average molecular weight is 428 g/mol. The second-order valence-electron chi connectivity index (χ2n) is 6.10. The number of non-ortho nitro benzene ring substituents is 1. The second-order valence-corrected chi connectivity index (χ2v) is 6.50. The molecule has 0 fully saturated rings. The summed E-state index contributed by atoms with van der Waals surface area (Å²) in [5.74, 6) is 0.990. The molecule has 0 unspecified atom stereocenters. The van der Waals surface area contributed by atoms with E-state index in [1.807, 2.05) is 6.92 Å². The smallest absolute Gasteiger partial charge is 0.333 e. The highest BCUT2D eigenvalue weighted by Gasteiger charge is 2.16. The van der Waals surface area contributed by atoms with Crippen molar-refractivity contribution >= 4 is 29.4 Å². The van der Waals surface area contributed by atoms with Gasteiger partial charge in [-0.15, -0.1) is 0 Å². The summed E-state index contributed by atoms with van der Waals surface area (Å²) in [4.78, 5) is 14.6. The highest BCUT2D eigenvalue weighted by molar-refractivity contribution is 6.32. The highest BCUT2D eigenvalue weighted by Crippen LogP contribution is 2.36. The topological polar surface area (TPSA) is 101 Å². The summed E-state index contributed by atoms with van der Waals surface area (Å²) >= 11 is 6.26. The van der Waals surface area contributed by atoms with Gasteiger partial charge in [-0.05, 0) is 41.7 Å². The number of rotatable bonds is 7. The van der Waals surface area contributed by atoms with Crippen LogP contribution in [0.4, 0.5) is 5.69 Å². The first kappa shape index (κ1) is 21.1. The van der Waals surface area contributed by atoms with Crippen molar-refractivity contribution in [2.24, 2.45) is 0 Å². The summed E-state index contributed by atoms with van der Waals surface area (Å²) in [6.07, 6.45) is 4.77. The zero-order chi connectivity index (χ0) is 21.7. The molecule has 154 valence electrons. The van der Waals surface area contributed by atoms with Crippen LogP contribution in [-0.4, -0.2) is 23.6 Å². The van der Waals surface area contributed by atoms with E-state index in [0.717, 1.165) is 0 Å². The number of nitrogens with zero attached hydrogens (tertiary/aromatic N) is 3. The van der Waals surface area contributed by atoms with E-state index in [1.165, 1.54) is 31.5 Å². The van der Waals surface area contributed by atoms with Gasteiger partial charge in [0.1, 0.15) is 11.9 Å². The van der Waals surface area contributed by atoms with E-state index in [9.17, 15) is 15.3 Å². The molecule has 0 atom stereocenters. The number of hydrogen-bond acceptors (Lipinski definition) is 6. The lowest BCUT2D eigenvalue weighted by atomic mass is 10.1. The Morgan fingerprint density at radius 1 is 1.23 bits per heavy atom. The van der Waals surface area contributed by atoms with Gasteiger partial charge in [0.05, 0.1) is 29.2 Å². The van der Waals surface area contributed by atoms with E-state index in [1.54, 1.807) is 36.4 Å². The molecule has 1 aromatic heterocycles. The van der Waals surface area contributed by atoms with Gasteiger partial charge in [0, 0.05) is 18.2 Å². The van der Waals surface area contributed by atoms with E-state index in [0.29, 0.717) is 44.7 Å². The van der Waals surface area contributed by atoms with Crippen molar-refractivity contribution in [3.8, 4) is 22.9 Å². The third-order valence-electron chi connectivity index (χ3n) is 4.17. The number of nitro groups is 1. The van der Waals surface area contributed by atoms with Gasteiger partial charge < -0.3 is 14.7 Å². The Labute approximate surface area is 177 Å². The summed E-state index contributed by atoms with van der Waals surface area (Å²) < 4.78 is 11.4. The Balaban J connectivity index is 1.97. The van der Waals surface area contributed by atoms with Gasteiger partial charge in [-0.2, -0.15) is 0 Å².